The van der Waals surface area contributed by atoms with E-state index in [4.69, 9.17) is 21.1 Å². The first kappa shape index (κ1) is 31.9. The van der Waals surface area contributed by atoms with Crippen molar-refractivity contribution in [2.24, 2.45) is 23.7 Å². The molecule has 0 aromatic rings. The van der Waals surface area contributed by atoms with Gasteiger partial charge < -0.3 is 35.0 Å². The molecule has 43 heavy (non-hydrogen) atoms. The molecule has 2 amide bonds. The van der Waals surface area contributed by atoms with Crippen molar-refractivity contribution >= 4 is 23.4 Å². The number of amides is 2. The number of ether oxygens (including phenoxy) is 2. The van der Waals surface area contributed by atoms with Crippen LogP contribution in [0.5, 0.6) is 0 Å². The van der Waals surface area contributed by atoms with Crippen molar-refractivity contribution in [1.82, 2.24) is 31.1 Å². The van der Waals surface area contributed by atoms with E-state index in [1.54, 1.807) is 0 Å². The number of piperidine rings is 3. The van der Waals surface area contributed by atoms with E-state index >= 15 is 0 Å². The van der Waals surface area contributed by atoms with E-state index in [1.807, 2.05) is 4.90 Å². The highest BCUT2D eigenvalue weighted by atomic mass is 35.5. The first-order valence-corrected chi connectivity index (χ1v) is 17.4. The van der Waals surface area contributed by atoms with Crippen LogP contribution in [0.25, 0.3) is 0 Å². The monoisotopic (exact) mass is 624 g/mol. The van der Waals surface area contributed by atoms with Crippen LogP contribution in [-0.2, 0) is 19.1 Å². The van der Waals surface area contributed by atoms with Crippen molar-refractivity contribution in [3.05, 3.63) is 0 Å². The molecule has 244 valence electrons. The van der Waals surface area contributed by atoms with Gasteiger partial charge in [-0.2, -0.15) is 0 Å². The van der Waals surface area contributed by atoms with Crippen LogP contribution in [0.1, 0.15) is 57.8 Å². The number of aliphatic hydroxyl groups is 1. The third-order valence-corrected chi connectivity index (χ3v) is 11.3. The van der Waals surface area contributed by atoms with Crippen LogP contribution >= 0.6 is 11.6 Å². The molecule has 11 nitrogen and oxygen atoms in total. The summed E-state index contributed by atoms with van der Waals surface area (Å²) < 4.78 is 11.8. The summed E-state index contributed by atoms with van der Waals surface area (Å²) >= 11 is 6.93. The van der Waals surface area contributed by atoms with Gasteiger partial charge in [-0.25, -0.2) is 0 Å². The quantitative estimate of drug-likeness (QED) is 0.208. The molecular formula is C31H53ClN6O5. The fraction of sp³-hybridized carbons (Fsp3) is 0.935. The zero-order valence-corrected chi connectivity index (χ0v) is 26.3. The highest BCUT2D eigenvalue weighted by molar-refractivity contribution is 6.21. The normalized spacial score (nSPS) is 36.7. The molecule has 0 radical (unpaired) electrons. The first-order chi connectivity index (χ1) is 20.9. The Bertz CT molecular complexity index is 930. The second-order valence-electron chi connectivity index (χ2n) is 13.9. The molecule has 8 atom stereocenters. The van der Waals surface area contributed by atoms with E-state index in [0.29, 0.717) is 49.6 Å². The maximum absolute atomic E-state index is 13.0. The lowest BCUT2D eigenvalue weighted by molar-refractivity contribution is -0.133. The highest BCUT2D eigenvalue weighted by Gasteiger charge is 2.42. The summed E-state index contributed by atoms with van der Waals surface area (Å²) in [6, 6.07) is 0.370. The topological polar surface area (TPSA) is 127 Å². The predicted molar refractivity (Wildman–Crippen MR) is 163 cm³/mol. The lowest BCUT2D eigenvalue weighted by Gasteiger charge is -2.46. The number of fused-ring (bicyclic) bond motifs is 1. The zero-order chi connectivity index (χ0) is 29.8. The molecule has 12 heteroatoms. The first-order valence-electron chi connectivity index (χ1n) is 17.0. The molecule has 7 unspecified atom stereocenters. The van der Waals surface area contributed by atoms with Crippen molar-refractivity contribution in [1.29, 1.82) is 0 Å². The average Bonchev–Trinajstić information content (AvgIpc) is 3.74. The predicted octanol–water partition coefficient (Wildman–Crippen LogP) is 0.450. The van der Waals surface area contributed by atoms with E-state index in [-0.39, 0.29) is 42.1 Å². The van der Waals surface area contributed by atoms with Crippen LogP contribution in [0.4, 0.5) is 0 Å². The summed E-state index contributed by atoms with van der Waals surface area (Å²) in [5, 5.41) is 24.3. The van der Waals surface area contributed by atoms with E-state index in [9.17, 15) is 14.7 Å². The van der Waals surface area contributed by atoms with Crippen molar-refractivity contribution in [3.63, 3.8) is 0 Å². The maximum atomic E-state index is 13.0. The Morgan fingerprint density at radius 3 is 2.65 bits per heavy atom. The van der Waals surface area contributed by atoms with Gasteiger partial charge in [0.2, 0.25) is 11.8 Å². The minimum atomic E-state index is -0.592. The zero-order valence-electron chi connectivity index (χ0n) is 25.6. The SMILES string of the molecule is O=C(NC[C@H](O)CN1CCC2C(CCC(OCC3CNCO3)C2Cl)C1)C1CCNC(NC2CCN(C(=O)C3CC3)CC2)C1. The second kappa shape index (κ2) is 15.0. The molecule has 0 aromatic carbocycles. The number of nitrogens with one attached hydrogen (secondary N) is 4. The summed E-state index contributed by atoms with van der Waals surface area (Å²) in [4.78, 5) is 29.8. The van der Waals surface area contributed by atoms with Gasteiger partial charge in [-0.15, -0.1) is 11.6 Å². The Balaban J connectivity index is 0.862. The van der Waals surface area contributed by atoms with Crippen molar-refractivity contribution in [2.45, 2.75) is 93.7 Å². The molecule has 0 bridgehead atoms. The molecule has 2 saturated carbocycles. The smallest absolute Gasteiger partial charge is 0.225 e. The molecule has 4 heterocycles. The summed E-state index contributed by atoms with van der Waals surface area (Å²) in [7, 11) is 0. The number of nitrogens with zero attached hydrogens (tertiary/aromatic N) is 2. The molecular weight excluding hydrogens is 572 g/mol. The van der Waals surface area contributed by atoms with Gasteiger partial charge >= 0.3 is 0 Å². The van der Waals surface area contributed by atoms with Crippen LogP contribution < -0.4 is 21.3 Å². The Morgan fingerprint density at radius 1 is 1.05 bits per heavy atom. The lowest BCUT2D eigenvalue weighted by Crippen LogP contribution is -2.56. The van der Waals surface area contributed by atoms with Gasteiger partial charge in [0.1, 0.15) is 0 Å². The largest absolute Gasteiger partial charge is 0.390 e. The number of aliphatic hydroxyl groups excluding tert-OH is 1. The van der Waals surface area contributed by atoms with Gasteiger partial charge in [0.15, 0.2) is 0 Å². The second-order valence-corrected chi connectivity index (χ2v) is 14.4. The van der Waals surface area contributed by atoms with Crippen LogP contribution in [-0.4, -0.2) is 128 Å². The molecule has 0 spiro atoms. The van der Waals surface area contributed by atoms with Gasteiger partial charge in [0, 0.05) is 57.1 Å². The van der Waals surface area contributed by atoms with Crippen LogP contribution in [0.15, 0.2) is 0 Å². The van der Waals surface area contributed by atoms with Crippen molar-refractivity contribution in [3.8, 4) is 0 Å². The summed E-state index contributed by atoms with van der Waals surface area (Å²) in [6.07, 6.45) is 8.38. The number of hydrogen-bond acceptors (Lipinski definition) is 9. The molecule has 0 aromatic heterocycles. The Hall–Kier alpha value is -1.05. The number of carbonyl (C=O) groups is 2. The third kappa shape index (κ3) is 8.61. The Labute approximate surface area is 261 Å². The summed E-state index contributed by atoms with van der Waals surface area (Å²) in [5.41, 5.74) is 0. The van der Waals surface area contributed by atoms with Gasteiger partial charge in [0.05, 0.1) is 43.2 Å². The molecule has 6 rings (SSSR count). The molecule has 4 saturated heterocycles. The van der Waals surface area contributed by atoms with E-state index in [2.05, 4.69) is 26.2 Å². The Kier molecular flexibility index (Phi) is 11.2. The van der Waals surface area contributed by atoms with Crippen molar-refractivity contribution in [2.75, 3.05) is 65.7 Å². The minimum absolute atomic E-state index is 0.0205. The van der Waals surface area contributed by atoms with Gasteiger partial charge in [-0.3, -0.25) is 20.2 Å². The number of halogens is 1. The molecule has 5 N–H and O–H groups in total. The van der Waals surface area contributed by atoms with E-state index in [1.165, 1.54) is 0 Å². The highest BCUT2D eigenvalue weighted by Crippen LogP contribution is 2.40. The standard InChI is InChI=1S/C31H53ClN6O5/c32-29-26-8-10-37(16-22(26)3-4-27(29)42-18-25-15-33-19-43-25)17-24(39)14-35-30(40)21-5-9-34-28(13-21)36-23-6-11-38(12-7-23)31(41)20-1-2-20/h20-29,33-34,36,39H,1-19H2,(H,35,40)/t21?,22?,24-,25?,26?,27?,28?,29?/m0/s1. The number of likely N-dealkylation sites (tertiary alicyclic amines) is 2. The van der Waals surface area contributed by atoms with Crippen LogP contribution in [0.2, 0.25) is 0 Å². The van der Waals surface area contributed by atoms with E-state index in [0.717, 1.165) is 97.1 Å². The van der Waals surface area contributed by atoms with E-state index < -0.39 is 6.10 Å². The summed E-state index contributed by atoms with van der Waals surface area (Å²) in [5.74, 6) is 1.57. The number of rotatable bonds is 11. The molecule has 2 aliphatic carbocycles. The molecule has 6 aliphatic rings. The Morgan fingerprint density at radius 2 is 1.88 bits per heavy atom. The lowest BCUT2D eigenvalue weighted by atomic mass is 9.73. The number of β-amino-alcohol motifs (C(OH)–C–C–N with tert-alkyl or cyclic N) is 1. The fourth-order valence-electron chi connectivity index (χ4n) is 7.95. The number of hydrogen-bond donors (Lipinski definition) is 5. The van der Waals surface area contributed by atoms with Gasteiger partial charge in [0.25, 0.3) is 0 Å². The van der Waals surface area contributed by atoms with Crippen LogP contribution in [0, 0.1) is 23.7 Å². The average molecular weight is 625 g/mol. The third-order valence-electron chi connectivity index (χ3n) is 10.7. The number of carbonyl (C=O) groups excluding carboxylic acids is 2. The fourth-order valence-corrected chi connectivity index (χ4v) is 8.48. The van der Waals surface area contributed by atoms with Crippen LogP contribution in [0.3, 0.4) is 0 Å². The molecule has 4 aliphatic heterocycles. The van der Waals surface area contributed by atoms with Gasteiger partial charge in [-0.05, 0) is 82.7 Å². The minimum Gasteiger partial charge on any atom is -0.390 e. The van der Waals surface area contributed by atoms with Crippen molar-refractivity contribution < 1.29 is 24.2 Å². The number of alkyl halides is 1. The molecule has 6 fully saturated rings. The summed E-state index contributed by atoms with van der Waals surface area (Å²) in [6.45, 7) is 7.19. The van der Waals surface area contributed by atoms with Gasteiger partial charge in [-0.1, -0.05) is 0 Å². The maximum Gasteiger partial charge on any atom is 0.225 e.